The molecule has 1 heterocycles. The lowest BCUT2D eigenvalue weighted by atomic mass is 9.79. The summed E-state index contributed by atoms with van der Waals surface area (Å²) in [5, 5.41) is 1.09. The van der Waals surface area contributed by atoms with Crippen LogP contribution in [0.2, 0.25) is 5.02 Å². The van der Waals surface area contributed by atoms with Gasteiger partial charge in [0, 0.05) is 17.5 Å². The lowest BCUT2D eigenvalue weighted by Crippen LogP contribution is -2.49. The van der Waals surface area contributed by atoms with E-state index in [0.717, 1.165) is 19.2 Å². The van der Waals surface area contributed by atoms with Gasteiger partial charge in [-0.15, -0.1) is 0 Å². The summed E-state index contributed by atoms with van der Waals surface area (Å²) in [6.45, 7) is 0. The second-order valence-electron chi connectivity index (χ2n) is 5.24. The number of hydroxylamine groups is 1. The van der Waals surface area contributed by atoms with Gasteiger partial charge >= 0.3 is 6.18 Å². The third-order valence-electron chi connectivity index (χ3n) is 3.62. The van der Waals surface area contributed by atoms with E-state index in [4.69, 9.17) is 11.6 Å². The van der Waals surface area contributed by atoms with Crippen LogP contribution in [0.25, 0.3) is 0 Å². The van der Waals surface area contributed by atoms with Crippen molar-refractivity contribution in [3.63, 3.8) is 0 Å². The third kappa shape index (κ3) is 3.90. The molecule has 0 aliphatic carbocycles. The van der Waals surface area contributed by atoms with E-state index in [1.165, 1.54) is 0 Å². The third-order valence-corrected chi connectivity index (χ3v) is 3.90. The zero-order valence-electron chi connectivity index (χ0n) is 12.5. The summed E-state index contributed by atoms with van der Waals surface area (Å²) in [6.07, 6.45) is -5.99. The van der Waals surface area contributed by atoms with Crippen molar-refractivity contribution in [2.45, 2.75) is 18.5 Å². The summed E-state index contributed by atoms with van der Waals surface area (Å²) in [5.41, 5.74) is 0.855. The SMILES string of the molecule is CONC(=O)c1cc(Cl)c(F)c(C2C(=O)NC(=O)CC2C(F)(F)F)c1. The summed E-state index contributed by atoms with van der Waals surface area (Å²) in [6, 6.07) is 1.65. The number of halogens is 5. The van der Waals surface area contributed by atoms with Crippen LogP contribution in [0.1, 0.15) is 28.3 Å². The molecule has 1 saturated heterocycles. The molecule has 1 aromatic rings. The van der Waals surface area contributed by atoms with E-state index in [0.29, 0.717) is 0 Å². The molecule has 6 nitrogen and oxygen atoms in total. The van der Waals surface area contributed by atoms with Crippen molar-refractivity contribution >= 4 is 29.3 Å². The molecular weight excluding hydrogens is 372 g/mol. The summed E-state index contributed by atoms with van der Waals surface area (Å²) < 4.78 is 54.1. The van der Waals surface area contributed by atoms with Crippen molar-refractivity contribution in [3.8, 4) is 0 Å². The minimum atomic E-state index is -4.94. The predicted octanol–water partition coefficient (Wildman–Crippen LogP) is 2.08. The van der Waals surface area contributed by atoms with Crippen LogP contribution in [0, 0.1) is 11.7 Å². The summed E-state index contributed by atoms with van der Waals surface area (Å²) in [5.74, 6) is -9.13. The Morgan fingerprint density at radius 1 is 1.36 bits per heavy atom. The second-order valence-corrected chi connectivity index (χ2v) is 5.65. The van der Waals surface area contributed by atoms with Crippen LogP contribution >= 0.6 is 11.6 Å². The van der Waals surface area contributed by atoms with Gasteiger partial charge in [-0.3, -0.25) is 24.5 Å². The monoisotopic (exact) mass is 382 g/mol. The summed E-state index contributed by atoms with van der Waals surface area (Å²) >= 11 is 5.65. The van der Waals surface area contributed by atoms with Crippen LogP contribution in [0.3, 0.4) is 0 Å². The first kappa shape index (κ1) is 19.1. The number of rotatable bonds is 3. The highest BCUT2D eigenvalue weighted by Crippen LogP contribution is 2.43. The number of piperidine rings is 1. The molecule has 2 N–H and O–H groups in total. The van der Waals surface area contributed by atoms with Gasteiger partial charge in [-0.25, -0.2) is 9.87 Å². The van der Waals surface area contributed by atoms with Crippen molar-refractivity contribution in [1.29, 1.82) is 0 Å². The van der Waals surface area contributed by atoms with Gasteiger partial charge < -0.3 is 0 Å². The van der Waals surface area contributed by atoms with Crippen LogP contribution < -0.4 is 10.8 Å². The number of hydrogen-bond donors (Lipinski definition) is 2. The van der Waals surface area contributed by atoms with Gasteiger partial charge in [-0.2, -0.15) is 13.2 Å². The van der Waals surface area contributed by atoms with Gasteiger partial charge in [0.2, 0.25) is 11.8 Å². The van der Waals surface area contributed by atoms with Gasteiger partial charge in [0.15, 0.2) is 0 Å². The second kappa shape index (κ2) is 6.96. The average molecular weight is 383 g/mol. The van der Waals surface area contributed by atoms with Crippen LogP contribution in [0.4, 0.5) is 17.6 Å². The fraction of sp³-hybridized carbons (Fsp3) is 0.357. The number of imide groups is 1. The molecule has 2 unspecified atom stereocenters. The van der Waals surface area contributed by atoms with E-state index in [1.807, 2.05) is 5.48 Å². The lowest BCUT2D eigenvalue weighted by Gasteiger charge is -2.32. The van der Waals surface area contributed by atoms with Crippen LogP contribution in [0.15, 0.2) is 12.1 Å². The van der Waals surface area contributed by atoms with E-state index in [2.05, 4.69) is 4.84 Å². The minimum absolute atomic E-state index is 0.311. The predicted molar refractivity (Wildman–Crippen MR) is 75.9 cm³/mol. The molecule has 136 valence electrons. The normalized spacial score (nSPS) is 21.0. The molecule has 3 amide bonds. The van der Waals surface area contributed by atoms with Crippen molar-refractivity contribution in [2.24, 2.45) is 5.92 Å². The molecular formula is C14H11ClF4N2O4. The molecule has 1 aromatic carbocycles. The maximum atomic E-state index is 14.3. The maximum absolute atomic E-state index is 14.3. The molecule has 0 bridgehead atoms. The largest absolute Gasteiger partial charge is 0.393 e. The molecule has 11 heteroatoms. The number of nitrogens with one attached hydrogen (secondary N) is 2. The summed E-state index contributed by atoms with van der Waals surface area (Å²) in [4.78, 5) is 39.4. The Labute approximate surface area is 143 Å². The van der Waals surface area contributed by atoms with Crippen LogP contribution in [-0.2, 0) is 14.4 Å². The van der Waals surface area contributed by atoms with Crippen molar-refractivity contribution in [3.05, 3.63) is 34.1 Å². The average Bonchev–Trinajstić information content (AvgIpc) is 2.49. The van der Waals surface area contributed by atoms with Crippen LogP contribution in [-0.4, -0.2) is 31.0 Å². The highest BCUT2D eigenvalue weighted by molar-refractivity contribution is 6.31. The molecule has 0 radical (unpaired) electrons. The Morgan fingerprint density at radius 3 is 2.56 bits per heavy atom. The van der Waals surface area contributed by atoms with Crippen LogP contribution in [0.5, 0.6) is 0 Å². The number of amides is 3. The van der Waals surface area contributed by atoms with Gasteiger partial charge in [-0.05, 0) is 12.1 Å². The van der Waals surface area contributed by atoms with Gasteiger partial charge in [0.1, 0.15) is 5.82 Å². The highest BCUT2D eigenvalue weighted by Gasteiger charge is 2.52. The maximum Gasteiger partial charge on any atom is 0.393 e. The van der Waals surface area contributed by atoms with E-state index in [1.54, 1.807) is 5.32 Å². The van der Waals surface area contributed by atoms with Crippen molar-refractivity contribution < 1.29 is 36.8 Å². The van der Waals surface area contributed by atoms with E-state index in [-0.39, 0.29) is 5.56 Å². The number of alkyl halides is 3. The fourth-order valence-corrected chi connectivity index (χ4v) is 2.78. The quantitative estimate of drug-likeness (QED) is 0.476. The minimum Gasteiger partial charge on any atom is -0.296 e. The lowest BCUT2D eigenvalue weighted by molar-refractivity contribution is -0.191. The Morgan fingerprint density at radius 2 is 2.00 bits per heavy atom. The Hall–Kier alpha value is -2.20. The smallest absolute Gasteiger partial charge is 0.296 e. The van der Waals surface area contributed by atoms with E-state index in [9.17, 15) is 31.9 Å². The Kier molecular flexibility index (Phi) is 5.33. The standard InChI is InChI=1S/C14H11ClF4N2O4/c1-25-21-12(23)5-2-6(11(16)8(15)3-5)10-7(14(17,18)19)4-9(22)20-13(10)24/h2-3,7,10H,4H2,1H3,(H,21,23)(H,20,22,24). The molecule has 25 heavy (non-hydrogen) atoms. The topological polar surface area (TPSA) is 84.5 Å². The number of carbonyl (C=O) groups is 3. The Bertz CT molecular complexity index is 738. The molecule has 2 rings (SSSR count). The zero-order valence-corrected chi connectivity index (χ0v) is 13.3. The van der Waals surface area contributed by atoms with Gasteiger partial charge in [0.05, 0.1) is 24.0 Å². The molecule has 1 aliphatic rings. The number of carbonyl (C=O) groups excluding carboxylic acids is 3. The molecule has 0 saturated carbocycles. The van der Waals surface area contributed by atoms with E-state index < -0.39 is 58.6 Å². The number of hydrogen-bond acceptors (Lipinski definition) is 4. The Balaban J connectivity index is 2.58. The first-order valence-electron chi connectivity index (χ1n) is 6.79. The van der Waals surface area contributed by atoms with E-state index >= 15 is 0 Å². The summed E-state index contributed by atoms with van der Waals surface area (Å²) in [7, 11) is 1.11. The molecule has 2 atom stereocenters. The number of benzene rings is 1. The van der Waals surface area contributed by atoms with Gasteiger partial charge in [0.25, 0.3) is 5.91 Å². The molecule has 1 fully saturated rings. The van der Waals surface area contributed by atoms with Crippen molar-refractivity contribution in [2.75, 3.05) is 7.11 Å². The molecule has 0 aromatic heterocycles. The van der Waals surface area contributed by atoms with Crippen molar-refractivity contribution in [1.82, 2.24) is 10.8 Å². The molecule has 0 spiro atoms. The zero-order chi connectivity index (χ0) is 18.9. The molecule has 1 aliphatic heterocycles. The fourth-order valence-electron chi connectivity index (χ4n) is 2.55. The van der Waals surface area contributed by atoms with Gasteiger partial charge in [-0.1, -0.05) is 11.6 Å². The first-order valence-corrected chi connectivity index (χ1v) is 7.16. The first-order chi connectivity index (χ1) is 11.6. The highest BCUT2D eigenvalue weighted by atomic mass is 35.5.